The Kier molecular flexibility index (Phi) is 6.79. The number of sulfone groups is 1. The van der Waals surface area contributed by atoms with Crippen molar-refractivity contribution in [3.8, 4) is 0 Å². The second-order valence-corrected chi connectivity index (χ2v) is 9.04. The van der Waals surface area contributed by atoms with Crippen molar-refractivity contribution >= 4 is 45.3 Å². The lowest BCUT2D eigenvalue weighted by Crippen LogP contribution is -2.16. The minimum absolute atomic E-state index is 0. The molecule has 3 rings (SSSR count). The Morgan fingerprint density at radius 1 is 1.28 bits per heavy atom. The first-order chi connectivity index (χ1) is 13.1. The molecule has 11 heteroatoms. The van der Waals surface area contributed by atoms with Crippen LogP contribution >= 0.6 is 24.0 Å². The highest BCUT2D eigenvalue weighted by atomic mass is 35.5. The zero-order chi connectivity index (χ0) is 20.8. The van der Waals surface area contributed by atoms with Crippen LogP contribution in [0.15, 0.2) is 28.0 Å². The molecule has 0 bridgehead atoms. The predicted octanol–water partition coefficient (Wildman–Crippen LogP) is 3.50. The van der Waals surface area contributed by atoms with E-state index in [1.807, 2.05) is 32.8 Å². The highest BCUT2D eigenvalue weighted by Crippen LogP contribution is 2.33. The number of benzene rings is 1. The largest absolute Gasteiger partial charge is 0.370 e. The van der Waals surface area contributed by atoms with Crippen molar-refractivity contribution < 1.29 is 12.8 Å². The van der Waals surface area contributed by atoms with Crippen LogP contribution in [0.5, 0.6) is 0 Å². The van der Waals surface area contributed by atoms with Crippen molar-refractivity contribution in [3.05, 3.63) is 46.0 Å². The summed E-state index contributed by atoms with van der Waals surface area (Å²) in [5.41, 5.74) is 2.69. The molecule has 0 aliphatic rings. The monoisotopic (exact) mass is 461 g/mol. The molecule has 0 aliphatic carbocycles. The summed E-state index contributed by atoms with van der Waals surface area (Å²) in [4.78, 5) is 6.35. The fraction of sp³-hybridized carbons (Fsp3) is 0.333. The molecule has 0 radical (unpaired) electrons. The SMILES string of the molecule is CNc1nn2c(C)c(CN(C)C)c(C)nc2c1S(=O)(=O)c1ccc(F)c(Cl)c1.Cl. The highest BCUT2D eigenvalue weighted by molar-refractivity contribution is 7.91. The minimum Gasteiger partial charge on any atom is -0.370 e. The Morgan fingerprint density at radius 2 is 1.93 bits per heavy atom. The van der Waals surface area contributed by atoms with E-state index in [2.05, 4.69) is 15.4 Å². The quantitative estimate of drug-likeness (QED) is 0.585. The Hall–Kier alpha value is -1.94. The molecule has 0 atom stereocenters. The van der Waals surface area contributed by atoms with Gasteiger partial charge in [0, 0.05) is 30.5 Å². The normalized spacial score (nSPS) is 11.7. The van der Waals surface area contributed by atoms with Gasteiger partial charge in [0.1, 0.15) is 5.82 Å². The number of anilines is 1. The van der Waals surface area contributed by atoms with Gasteiger partial charge in [-0.1, -0.05) is 11.6 Å². The maximum Gasteiger partial charge on any atom is 0.214 e. The fourth-order valence-corrected chi connectivity index (χ4v) is 4.83. The molecule has 0 fully saturated rings. The van der Waals surface area contributed by atoms with Crippen molar-refractivity contribution in [1.29, 1.82) is 0 Å². The zero-order valence-electron chi connectivity index (χ0n) is 16.6. The number of nitrogens with zero attached hydrogens (tertiary/aromatic N) is 4. The predicted molar refractivity (Wildman–Crippen MR) is 114 cm³/mol. The van der Waals surface area contributed by atoms with E-state index in [-0.39, 0.29) is 38.7 Å². The van der Waals surface area contributed by atoms with E-state index in [4.69, 9.17) is 11.6 Å². The minimum atomic E-state index is -4.04. The Morgan fingerprint density at radius 3 is 2.48 bits per heavy atom. The van der Waals surface area contributed by atoms with Crippen molar-refractivity contribution in [3.63, 3.8) is 0 Å². The van der Waals surface area contributed by atoms with Gasteiger partial charge in [0.2, 0.25) is 9.84 Å². The molecule has 7 nitrogen and oxygen atoms in total. The average molecular weight is 462 g/mol. The summed E-state index contributed by atoms with van der Waals surface area (Å²) in [7, 11) is 1.43. The van der Waals surface area contributed by atoms with Crippen LogP contribution in [0.1, 0.15) is 17.0 Å². The molecule has 29 heavy (non-hydrogen) atoms. The molecular formula is C18H22Cl2FN5O2S. The third-order valence-electron chi connectivity index (χ3n) is 4.46. The molecule has 1 N–H and O–H groups in total. The summed E-state index contributed by atoms with van der Waals surface area (Å²) in [5, 5.41) is 6.97. The van der Waals surface area contributed by atoms with E-state index in [1.54, 1.807) is 7.05 Å². The molecule has 0 amide bonds. The summed E-state index contributed by atoms with van der Waals surface area (Å²) >= 11 is 5.80. The third kappa shape index (κ3) is 4.05. The van der Waals surface area contributed by atoms with E-state index in [0.717, 1.165) is 29.1 Å². The lowest BCUT2D eigenvalue weighted by Gasteiger charge is -2.15. The Balaban J connectivity index is 0.00000300. The van der Waals surface area contributed by atoms with E-state index < -0.39 is 15.7 Å². The molecule has 0 spiro atoms. The van der Waals surface area contributed by atoms with Crippen LogP contribution in [0.25, 0.3) is 5.65 Å². The smallest absolute Gasteiger partial charge is 0.214 e. The van der Waals surface area contributed by atoms with Gasteiger partial charge in [0.25, 0.3) is 0 Å². The molecule has 1 aromatic carbocycles. The molecule has 0 saturated heterocycles. The second-order valence-electron chi connectivity index (χ2n) is 6.74. The van der Waals surface area contributed by atoms with Crippen LogP contribution in [0, 0.1) is 19.7 Å². The number of hydrogen-bond acceptors (Lipinski definition) is 6. The fourth-order valence-electron chi connectivity index (χ4n) is 3.06. The second kappa shape index (κ2) is 8.43. The maximum absolute atomic E-state index is 13.5. The van der Waals surface area contributed by atoms with Gasteiger partial charge >= 0.3 is 0 Å². The van der Waals surface area contributed by atoms with Crippen LogP contribution in [0.3, 0.4) is 0 Å². The van der Waals surface area contributed by atoms with Gasteiger partial charge in [-0.15, -0.1) is 17.5 Å². The van der Waals surface area contributed by atoms with E-state index in [9.17, 15) is 12.8 Å². The van der Waals surface area contributed by atoms with Crippen molar-refractivity contribution in [2.75, 3.05) is 26.5 Å². The van der Waals surface area contributed by atoms with Gasteiger partial charge in [-0.2, -0.15) is 0 Å². The van der Waals surface area contributed by atoms with E-state index >= 15 is 0 Å². The van der Waals surface area contributed by atoms with E-state index in [1.165, 1.54) is 10.6 Å². The standard InChI is InChI=1S/C18H21ClFN5O2S.ClH/c1-10-13(9-24(4)5)11(2)25-18(22-10)16(17(21-3)23-25)28(26,27)12-6-7-15(20)14(19)8-12;/h6-8H,9H2,1-5H3,(H,21,23);1H. The summed E-state index contributed by atoms with van der Waals surface area (Å²) in [5.74, 6) is -0.523. The summed E-state index contributed by atoms with van der Waals surface area (Å²) in [6, 6.07) is 3.30. The van der Waals surface area contributed by atoms with Gasteiger partial charge in [-0.25, -0.2) is 22.3 Å². The van der Waals surface area contributed by atoms with Crippen LogP contribution in [0.4, 0.5) is 10.2 Å². The molecule has 0 saturated carbocycles. The Bertz CT molecular complexity index is 1180. The number of aromatic nitrogens is 3. The van der Waals surface area contributed by atoms with Gasteiger partial charge in [0.05, 0.1) is 9.92 Å². The topological polar surface area (TPSA) is 79.6 Å². The third-order valence-corrected chi connectivity index (χ3v) is 6.54. The van der Waals surface area contributed by atoms with Crippen molar-refractivity contribution in [2.24, 2.45) is 0 Å². The first-order valence-electron chi connectivity index (χ1n) is 8.49. The lowest BCUT2D eigenvalue weighted by molar-refractivity contribution is 0.398. The van der Waals surface area contributed by atoms with Gasteiger partial charge < -0.3 is 10.2 Å². The van der Waals surface area contributed by atoms with Crippen molar-refractivity contribution in [2.45, 2.75) is 30.2 Å². The number of hydrogen-bond donors (Lipinski definition) is 1. The number of aryl methyl sites for hydroxylation is 2. The average Bonchev–Trinajstić information content (AvgIpc) is 3.00. The molecule has 158 valence electrons. The van der Waals surface area contributed by atoms with Crippen molar-refractivity contribution in [1.82, 2.24) is 19.5 Å². The number of halogens is 3. The first kappa shape index (κ1) is 23.3. The first-order valence-corrected chi connectivity index (χ1v) is 10.4. The van der Waals surface area contributed by atoms with E-state index in [0.29, 0.717) is 6.54 Å². The maximum atomic E-state index is 13.5. The van der Waals surface area contributed by atoms with Gasteiger partial charge in [-0.05, 0) is 46.1 Å². The zero-order valence-corrected chi connectivity index (χ0v) is 19.0. The van der Waals surface area contributed by atoms with Crippen LogP contribution < -0.4 is 5.32 Å². The molecule has 0 unspecified atom stereocenters. The van der Waals surface area contributed by atoms with Gasteiger partial charge in [0.15, 0.2) is 16.4 Å². The van der Waals surface area contributed by atoms with Crippen LogP contribution in [-0.4, -0.2) is 49.1 Å². The summed E-state index contributed by atoms with van der Waals surface area (Å²) < 4.78 is 41.7. The van der Waals surface area contributed by atoms with Crippen LogP contribution in [0.2, 0.25) is 5.02 Å². The number of fused-ring (bicyclic) bond motifs is 1. The number of rotatable bonds is 5. The Labute approximate surface area is 180 Å². The highest BCUT2D eigenvalue weighted by Gasteiger charge is 2.30. The van der Waals surface area contributed by atoms with Gasteiger partial charge in [-0.3, -0.25) is 0 Å². The van der Waals surface area contributed by atoms with Crippen LogP contribution in [-0.2, 0) is 16.4 Å². The molecule has 3 aromatic rings. The number of nitrogens with one attached hydrogen (secondary N) is 1. The molecule has 2 heterocycles. The molecule has 0 aliphatic heterocycles. The summed E-state index contributed by atoms with van der Waals surface area (Å²) in [6.45, 7) is 4.35. The molecular weight excluding hydrogens is 440 g/mol. The lowest BCUT2D eigenvalue weighted by atomic mass is 10.1. The molecule has 2 aromatic heterocycles. The summed E-state index contributed by atoms with van der Waals surface area (Å²) in [6.07, 6.45) is 0.